The van der Waals surface area contributed by atoms with Crippen molar-refractivity contribution in [1.29, 1.82) is 0 Å². The number of aromatic nitrogens is 3. The normalized spacial score (nSPS) is 20.8. The van der Waals surface area contributed by atoms with Gasteiger partial charge in [0.25, 0.3) is 0 Å². The second-order valence-corrected chi connectivity index (χ2v) is 5.11. The lowest BCUT2D eigenvalue weighted by molar-refractivity contribution is 0.359. The zero-order chi connectivity index (χ0) is 14.2. The first-order chi connectivity index (χ1) is 10.3. The molecule has 0 aliphatic carbocycles. The van der Waals surface area contributed by atoms with Crippen LogP contribution in [0.3, 0.4) is 0 Å². The van der Waals surface area contributed by atoms with Crippen LogP contribution in [-0.2, 0) is 0 Å². The van der Waals surface area contributed by atoms with Gasteiger partial charge in [-0.05, 0) is 17.7 Å². The number of nitrogens with zero attached hydrogens (tertiary/aromatic N) is 3. The van der Waals surface area contributed by atoms with E-state index in [2.05, 4.69) is 27.5 Å². The van der Waals surface area contributed by atoms with Crippen LogP contribution in [0.4, 0.5) is 11.9 Å². The van der Waals surface area contributed by atoms with E-state index in [0.29, 0.717) is 5.95 Å². The molecule has 0 amide bonds. The zero-order valence-corrected chi connectivity index (χ0v) is 11.3. The summed E-state index contributed by atoms with van der Waals surface area (Å²) in [6, 6.07) is 14.3. The quantitative estimate of drug-likeness (QED) is 0.754. The monoisotopic (exact) mass is 281 g/mol. The lowest BCUT2D eigenvalue weighted by Gasteiger charge is -2.30. The number of hydrogen-bond donors (Lipinski definition) is 2. The lowest BCUT2D eigenvalue weighted by Crippen LogP contribution is -2.27. The predicted molar refractivity (Wildman–Crippen MR) is 78.7 cm³/mol. The third kappa shape index (κ3) is 2.05. The Morgan fingerprint density at radius 2 is 2.05 bits per heavy atom. The highest BCUT2D eigenvalue weighted by Gasteiger charge is 2.32. The van der Waals surface area contributed by atoms with Gasteiger partial charge in [-0.15, -0.1) is 5.10 Å². The van der Waals surface area contributed by atoms with E-state index in [1.807, 2.05) is 30.3 Å². The van der Waals surface area contributed by atoms with E-state index in [1.165, 1.54) is 5.56 Å². The summed E-state index contributed by atoms with van der Waals surface area (Å²) in [5.74, 6) is 1.81. The SMILES string of the molecule is Nc1nc2n(n1)[C@@H](c1ccco1)C[C@H](c1ccccc1)N2. The molecular weight excluding hydrogens is 266 g/mol. The molecule has 1 aromatic carbocycles. The molecule has 2 aromatic heterocycles. The highest BCUT2D eigenvalue weighted by molar-refractivity contribution is 5.40. The van der Waals surface area contributed by atoms with Crippen LogP contribution in [0, 0.1) is 0 Å². The van der Waals surface area contributed by atoms with Crippen LogP contribution < -0.4 is 11.1 Å². The highest BCUT2D eigenvalue weighted by Crippen LogP contribution is 2.37. The fourth-order valence-electron chi connectivity index (χ4n) is 2.82. The number of nitrogens with one attached hydrogen (secondary N) is 1. The van der Waals surface area contributed by atoms with E-state index < -0.39 is 0 Å². The molecule has 1 aliphatic rings. The fraction of sp³-hybridized carbons (Fsp3) is 0.200. The van der Waals surface area contributed by atoms with Crippen LogP contribution in [0.25, 0.3) is 0 Å². The Labute approximate surface area is 121 Å². The largest absolute Gasteiger partial charge is 0.467 e. The Balaban J connectivity index is 1.76. The number of nitrogens with two attached hydrogens (primary N) is 1. The number of rotatable bonds is 2. The van der Waals surface area contributed by atoms with Gasteiger partial charge in [0.2, 0.25) is 11.9 Å². The molecule has 3 heterocycles. The van der Waals surface area contributed by atoms with E-state index in [1.54, 1.807) is 10.9 Å². The molecule has 0 radical (unpaired) electrons. The summed E-state index contributed by atoms with van der Waals surface area (Å²) in [5.41, 5.74) is 6.95. The number of nitrogen functional groups attached to an aromatic ring is 1. The number of hydrogen-bond acceptors (Lipinski definition) is 5. The minimum absolute atomic E-state index is 0.00810. The third-order valence-corrected chi connectivity index (χ3v) is 3.78. The Bertz CT molecular complexity index is 735. The first-order valence-electron chi connectivity index (χ1n) is 6.88. The molecular formula is C15H15N5O. The van der Waals surface area contributed by atoms with Crippen LogP contribution in [0.2, 0.25) is 0 Å². The highest BCUT2D eigenvalue weighted by atomic mass is 16.3. The molecule has 0 unspecified atom stereocenters. The van der Waals surface area contributed by atoms with Crippen molar-refractivity contribution in [3.05, 3.63) is 60.1 Å². The smallest absolute Gasteiger partial charge is 0.241 e. The molecule has 0 fully saturated rings. The molecule has 1 aliphatic heterocycles. The van der Waals surface area contributed by atoms with Crippen LogP contribution >= 0.6 is 0 Å². The van der Waals surface area contributed by atoms with Gasteiger partial charge in [0.05, 0.1) is 12.3 Å². The molecule has 6 nitrogen and oxygen atoms in total. The second kappa shape index (κ2) is 4.66. The van der Waals surface area contributed by atoms with Crippen molar-refractivity contribution in [3.8, 4) is 0 Å². The average molecular weight is 281 g/mol. The van der Waals surface area contributed by atoms with Crippen LogP contribution in [-0.4, -0.2) is 14.8 Å². The number of benzene rings is 1. The second-order valence-electron chi connectivity index (χ2n) is 5.11. The van der Waals surface area contributed by atoms with Gasteiger partial charge in [0.15, 0.2) is 0 Å². The molecule has 0 spiro atoms. The van der Waals surface area contributed by atoms with Gasteiger partial charge >= 0.3 is 0 Å². The van der Waals surface area contributed by atoms with Crippen molar-refractivity contribution in [1.82, 2.24) is 14.8 Å². The summed E-state index contributed by atoms with van der Waals surface area (Å²) in [4.78, 5) is 4.26. The molecule has 106 valence electrons. The molecule has 0 saturated heterocycles. The summed E-state index contributed by atoms with van der Waals surface area (Å²) in [6.45, 7) is 0. The van der Waals surface area contributed by atoms with E-state index >= 15 is 0 Å². The fourth-order valence-corrected chi connectivity index (χ4v) is 2.82. The van der Waals surface area contributed by atoms with Gasteiger partial charge in [0, 0.05) is 6.42 Å². The van der Waals surface area contributed by atoms with Crippen LogP contribution in [0.1, 0.15) is 29.8 Å². The van der Waals surface area contributed by atoms with Crippen molar-refractivity contribution in [3.63, 3.8) is 0 Å². The third-order valence-electron chi connectivity index (χ3n) is 3.78. The van der Waals surface area contributed by atoms with Crippen molar-refractivity contribution >= 4 is 11.9 Å². The van der Waals surface area contributed by atoms with Crippen LogP contribution in [0.15, 0.2) is 53.1 Å². The minimum atomic E-state index is -0.00810. The summed E-state index contributed by atoms with van der Waals surface area (Å²) in [6.07, 6.45) is 2.50. The molecule has 3 aromatic rings. The molecule has 0 saturated carbocycles. The Morgan fingerprint density at radius 3 is 2.81 bits per heavy atom. The molecule has 21 heavy (non-hydrogen) atoms. The van der Waals surface area contributed by atoms with E-state index in [0.717, 1.165) is 12.2 Å². The van der Waals surface area contributed by atoms with Gasteiger partial charge < -0.3 is 15.5 Å². The maximum atomic E-state index is 5.74. The van der Waals surface area contributed by atoms with Gasteiger partial charge in [-0.25, -0.2) is 4.68 Å². The first-order valence-corrected chi connectivity index (χ1v) is 6.88. The van der Waals surface area contributed by atoms with Gasteiger partial charge in [-0.3, -0.25) is 0 Å². The van der Waals surface area contributed by atoms with Gasteiger partial charge in [-0.1, -0.05) is 30.3 Å². The van der Waals surface area contributed by atoms with Crippen molar-refractivity contribution in [2.45, 2.75) is 18.5 Å². The first kappa shape index (κ1) is 12.0. The topological polar surface area (TPSA) is 81.9 Å². The van der Waals surface area contributed by atoms with Gasteiger partial charge in [0.1, 0.15) is 11.8 Å². The number of fused-ring (bicyclic) bond motifs is 1. The molecule has 2 atom stereocenters. The lowest BCUT2D eigenvalue weighted by atomic mass is 9.96. The number of anilines is 2. The van der Waals surface area contributed by atoms with E-state index in [9.17, 15) is 0 Å². The summed E-state index contributed by atoms with van der Waals surface area (Å²) >= 11 is 0. The average Bonchev–Trinajstić information content (AvgIpc) is 3.15. The summed E-state index contributed by atoms with van der Waals surface area (Å²) in [5, 5.41) is 7.67. The maximum absolute atomic E-state index is 5.74. The van der Waals surface area contributed by atoms with Crippen molar-refractivity contribution < 1.29 is 4.42 Å². The van der Waals surface area contributed by atoms with Gasteiger partial charge in [-0.2, -0.15) is 4.98 Å². The van der Waals surface area contributed by atoms with Crippen molar-refractivity contribution in [2.75, 3.05) is 11.1 Å². The van der Waals surface area contributed by atoms with E-state index in [4.69, 9.17) is 10.2 Å². The Kier molecular flexibility index (Phi) is 2.67. The molecule has 3 N–H and O–H groups in total. The molecule has 4 rings (SSSR count). The maximum Gasteiger partial charge on any atom is 0.241 e. The zero-order valence-electron chi connectivity index (χ0n) is 11.3. The van der Waals surface area contributed by atoms with Crippen molar-refractivity contribution in [2.24, 2.45) is 0 Å². The van der Waals surface area contributed by atoms with Crippen LogP contribution in [0.5, 0.6) is 0 Å². The molecule has 0 bridgehead atoms. The minimum Gasteiger partial charge on any atom is -0.467 e. The summed E-state index contributed by atoms with van der Waals surface area (Å²) < 4.78 is 7.37. The number of furan rings is 1. The standard InChI is InChI=1S/C15H15N5O/c16-14-18-15-17-11(10-5-2-1-3-6-10)9-12(20(15)19-14)13-7-4-8-21-13/h1-8,11-12H,9H2,(H3,16,17,18,19)/t11-,12-/m1/s1. The molecule has 6 heteroatoms. The summed E-state index contributed by atoms with van der Waals surface area (Å²) in [7, 11) is 0. The Morgan fingerprint density at radius 1 is 1.19 bits per heavy atom. The predicted octanol–water partition coefficient (Wildman–Crippen LogP) is 2.60. The van der Waals surface area contributed by atoms with E-state index in [-0.39, 0.29) is 18.0 Å². The Hall–Kier alpha value is -2.76.